The zero-order valence-electron chi connectivity index (χ0n) is 7.73. The van der Waals surface area contributed by atoms with Gasteiger partial charge in [0.15, 0.2) is 0 Å². The van der Waals surface area contributed by atoms with Crippen LogP contribution in [0.3, 0.4) is 0 Å². The fourth-order valence-corrected chi connectivity index (χ4v) is 1.93. The van der Waals surface area contributed by atoms with E-state index in [1.165, 1.54) is 4.90 Å². The van der Waals surface area contributed by atoms with E-state index in [4.69, 9.17) is 0 Å². The molecule has 0 fully saturated rings. The van der Waals surface area contributed by atoms with Crippen LogP contribution in [0.1, 0.15) is 5.56 Å². The summed E-state index contributed by atoms with van der Waals surface area (Å²) in [6, 6.07) is 6.31. The monoisotopic (exact) mass is 203 g/mol. The Labute approximate surface area is 88.1 Å². The average molecular weight is 203 g/mol. The minimum Gasteiger partial charge on any atom is -0.346 e. The van der Waals surface area contributed by atoms with Crippen molar-refractivity contribution in [2.45, 2.75) is 4.90 Å². The molecule has 0 spiro atoms. The zero-order chi connectivity index (χ0) is 9.80. The Morgan fingerprint density at radius 2 is 2.43 bits per heavy atom. The van der Waals surface area contributed by atoms with Crippen LogP contribution in [0, 0.1) is 6.54 Å². The van der Waals surface area contributed by atoms with E-state index in [0.717, 1.165) is 17.0 Å². The molecular weight excluding hydrogens is 192 g/mol. The van der Waals surface area contributed by atoms with Crippen LogP contribution < -0.4 is 5.32 Å². The molecule has 0 saturated carbocycles. The van der Waals surface area contributed by atoms with Crippen LogP contribution in [0.5, 0.6) is 0 Å². The number of rotatable bonds is 3. The van der Waals surface area contributed by atoms with Gasteiger partial charge in [-0.25, -0.2) is 0 Å². The molecule has 0 aromatic heterocycles. The van der Waals surface area contributed by atoms with Crippen molar-refractivity contribution >= 4 is 23.8 Å². The van der Waals surface area contributed by atoms with Gasteiger partial charge in [0.2, 0.25) is 0 Å². The zero-order valence-corrected chi connectivity index (χ0v) is 8.55. The Balaban J connectivity index is 2.18. The first kappa shape index (κ1) is 9.34. The van der Waals surface area contributed by atoms with Gasteiger partial charge in [-0.2, -0.15) is 0 Å². The lowest BCUT2D eigenvalue weighted by Gasteiger charge is -2.12. The highest BCUT2D eigenvalue weighted by Crippen LogP contribution is 2.26. The van der Waals surface area contributed by atoms with Crippen LogP contribution in [0.2, 0.25) is 0 Å². The molecular formula is C11H11N2S. The molecule has 14 heavy (non-hydrogen) atoms. The maximum absolute atomic E-state index is 4.05. The molecule has 71 valence electrons. The molecule has 0 saturated heterocycles. The Kier molecular flexibility index (Phi) is 2.89. The number of aliphatic imine (C=N–C) groups is 1. The largest absolute Gasteiger partial charge is 0.346 e. The van der Waals surface area contributed by atoms with Gasteiger partial charge < -0.3 is 5.32 Å². The highest BCUT2D eigenvalue weighted by molar-refractivity contribution is 7.99. The highest BCUT2D eigenvalue weighted by Gasteiger charge is 2.05. The van der Waals surface area contributed by atoms with E-state index in [0.29, 0.717) is 0 Å². The molecule has 2 nitrogen and oxygen atoms in total. The first-order chi connectivity index (χ1) is 6.90. The fourth-order valence-electron chi connectivity index (χ4n) is 1.25. The van der Waals surface area contributed by atoms with Crippen molar-refractivity contribution in [3.05, 3.63) is 43.0 Å². The van der Waals surface area contributed by atoms with E-state index < -0.39 is 0 Å². The molecule has 1 radical (unpaired) electrons. The number of benzene rings is 1. The molecule has 2 rings (SSSR count). The topological polar surface area (TPSA) is 24.4 Å². The van der Waals surface area contributed by atoms with Crippen molar-refractivity contribution < 1.29 is 0 Å². The standard InChI is InChI=1S/C11H11N2S/c1-2-5-14-10-3-4-11-9(6-10)7-12-8-13-11/h2-4,6-8H,1,5H2,(H,12,13). The molecule has 0 amide bonds. The van der Waals surface area contributed by atoms with Gasteiger partial charge in [-0.05, 0) is 18.2 Å². The number of anilines is 1. The highest BCUT2D eigenvalue weighted by atomic mass is 32.2. The summed E-state index contributed by atoms with van der Waals surface area (Å²) < 4.78 is 0. The quantitative estimate of drug-likeness (QED) is 0.603. The summed E-state index contributed by atoms with van der Waals surface area (Å²) in [7, 11) is 0. The summed E-state index contributed by atoms with van der Waals surface area (Å²) in [5.74, 6) is 0.940. The van der Waals surface area contributed by atoms with Crippen LogP contribution in [0.4, 0.5) is 5.69 Å². The molecule has 1 heterocycles. The van der Waals surface area contributed by atoms with Crippen molar-refractivity contribution in [3.63, 3.8) is 0 Å². The Bertz CT molecular complexity index is 372. The summed E-state index contributed by atoms with van der Waals surface area (Å²) in [4.78, 5) is 5.30. The molecule has 1 N–H and O–H groups in total. The van der Waals surface area contributed by atoms with Gasteiger partial charge >= 0.3 is 0 Å². The van der Waals surface area contributed by atoms with Crippen molar-refractivity contribution in [3.8, 4) is 0 Å². The van der Waals surface area contributed by atoms with Gasteiger partial charge in [-0.15, -0.1) is 18.3 Å². The van der Waals surface area contributed by atoms with Gasteiger partial charge in [0.25, 0.3) is 0 Å². The fraction of sp³-hybridized carbons (Fsp3) is 0.0909. The maximum atomic E-state index is 4.05. The molecule has 0 bridgehead atoms. The average Bonchev–Trinajstić information content (AvgIpc) is 2.26. The van der Waals surface area contributed by atoms with Gasteiger partial charge in [-0.1, -0.05) is 6.08 Å². The predicted molar refractivity (Wildman–Crippen MR) is 62.9 cm³/mol. The molecule has 0 atom stereocenters. The maximum Gasteiger partial charge on any atom is 0.105 e. The second-order valence-corrected chi connectivity index (χ2v) is 3.99. The van der Waals surface area contributed by atoms with E-state index in [2.05, 4.69) is 35.1 Å². The number of hydrogen-bond acceptors (Lipinski definition) is 3. The van der Waals surface area contributed by atoms with Crippen molar-refractivity contribution in [2.75, 3.05) is 11.1 Å². The summed E-state index contributed by atoms with van der Waals surface area (Å²) in [5, 5.41) is 3.09. The smallest absolute Gasteiger partial charge is 0.105 e. The third kappa shape index (κ3) is 1.99. The number of fused-ring (bicyclic) bond motifs is 1. The van der Waals surface area contributed by atoms with Crippen LogP contribution in [0.25, 0.3) is 0 Å². The lowest BCUT2D eigenvalue weighted by molar-refractivity contribution is 1.28. The van der Waals surface area contributed by atoms with E-state index in [9.17, 15) is 0 Å². The molecule has 1 aliphatic heterocycles. The minimum absolute atomic E-state index is 0.940. The van der Waals surface area contributed by atoms with Gasteiger partial charge in [0.05, 0.1) is 6.34 Å². The van der Waals surface area contributed by atoms with Gasteiger partial charge in [-0.3, -0.25) is 4.99 Å². The lowest BCUT2D eigenvalue weighted by Crippen LogP contribution is -2.03. The Morgan fingerprint density at radius 3 is 3.29 bits per heavy atom. The van der Waals surface area contributed by atoms with Crippen LogP contribution >= 0.6 is 11.8 Å². The summed E-state index contributed by atoms with van der Waals surface area (Å²) >= 11 is 1.78. The third-order valence-corrected chi connectivity index (χ3v) is 2.89. The van der Waals surface area contributed by atoms with Gasteiger partial charge in [0, 0.05) is 21.9 Å². The van der Waals surface area contributed by atoms with Gasteiger partial charge in [0.1, 0.15) is 6.54 Å². The van der Waals surface area contributed by atoms with E-state index in [1.807, 2.05) is 12.6 Å². The molecule has 3 heteroatoms. The van der Waals surface area contributed by atoms with Crippen molar-refractivity contribution in [2.24, 2.45) is 4.99 Å². The molecule has 1 aromatic rings. The first-order valence-electron chi connectivity index (χ1n) is 4.39. The van der Waals surface area contributed by atoms with Crippen LogP contribution in [-0.2, 0) is 0 Å². The van der Waals surface area contributed by atoms with Crippen LogP contribution in [0.15, 0.2) is 40.7 Å². The molecule has 1 aromatic carbocycles. The Morgan fingerprint density at radius 1 is 1.50 bits per heavy atom. The number of nitrogens with one attached hydrogen (secondary N) is 1. The lowest BCUT2D eigenvalue weighted by atomic mass is 10.1. The summed E-state index contributed by atoms with van der Waals surface area (Å²) in [6.45, 7) is 5.56. The second-order valence-electron chi connectivity index (χ2n) is 2.90. The third-order valence-electron chi connectivity index (χ3n) is 1.90. The second kappa shape index (κ2) is 4.33. The minimum atomic E-state index is 0.940. The number of thioether (sulfide) groups is 1. The predicted octanol–water partition coefficient (Wildman–Crippen LogP) is 2.93. The Hall–Kier alpha value is -1.22. The van der Waals surface area contributed by atoms with E-state index in [-0.39, 0.29) is 0 Å². The van der Waals surface area contributed by atoms with Crippen molar-refractivity contribution in [1.29, 1.82) is 0 Å². The summed E-state index contributed by atoms with van der Waals surface area (Å²) in [5.41, 5.74) is 2.25. The SMILES string of the molecule is C=CCSc1ccc2c(c1)[CH]N=CN2. The number of hydrogen-bond donors (Lipinski definition) is 1. The van der Waals surface area contributed by atoms with Crippen molar-refractivity contribution in [1.82, 2.24) is 0 Å². The molecule has 0 aliphatic carbocycles. The van der Waals surface area contributed by atoms with E-state index >= 15 is 0 Å². The molecule has 1 aliphatic rings. The van der Waals surface area contributed by atoms with Crippen LogP contribution in [-0.4, -0.2) is 12.1 Å². The number of nitrogens with zero attached hydrogens (tertiary/aromatic N) is 1. The summed E-state index contributed by atoms with van der Waals surface area (Å²) in [6.07, 6.45) is 3.60. The molecule has 0 unspecified atom stereocenters. The first-order valence-corrected chi connectivity index (χ1v) is 5.38. The van der Waals surface area contributed by atoms with E-state index in [1.54, 1.807) is 18.1 Å². The normalized spacial score (nSPS) is 13.1.